The van der Waals surface area contributed by atoms with Gasteiger partial charge in [-0.25, -0.2) is 4.98 Å². The van der Waals surface area contributed by atoms with Crippen molar-refractivity contribution in [2.24, 2.45) is 5.92 Å². The highest BCUT2D eigenvalue weighted by Gasteiger charge is 2.25. The van der Waals surface area contributed by atoms with E-state index in [0.29, 0.717) is 12.4 Å². The zero-order chi connectivity index (χ0) is 15.8. The number of rotatable bonds is 6. The van der Waals surface area contributed by atoms with Gasteiger partial charge in [0.05, 0.1) is 6.54 Å². The fraction of sp³-hybridized carbons (Fsp3) is 0.562. The normalized spacial score (nSPS) is 16.2. The highest BCUT2D eigenvalue weighted by Crippen LogP contribution is 2.18. The molecule has 0 aliphatic carbocycles. The molecule has 0 spiro atoms. The molecular formula is C16H24N4O2. The van der Waals surface area contributed by atoms with Gasteiger partial charge >= 0.3 is 0 Å². The van der Waals surface area contributed by atoms with Crippen LogP contribution in [0.1, 0.15) is 26.2 Å². The molecule has 0 atom stereocenters. The number of hydrogen-bond donors (Lipinski definition) is 2. The summed E-state index contributed by atoms with van der Waals surface area (Å²) in [5, 5.41) is 5.73. The number of piperidine rings is 1. The number of carbonyl (C=O) groups excluding carboxylic acids is 2. The van der Waals surface area contributed by atoms with Crippen LogP contribution in [0.2, 0.25) is 0 Å². The molecule has 0 radical (unpaired) electrons. The van der Waals surface area contributed by atoms with E-state index in [4.69, 9.17) is 0 Å². The van der Waals surface area contributed by atoms with Crippen molar-refractivity contribution in [2.45, 2.75) is 26.2 Å². The van der Waals surface area contributed by atoms with E-state index in [1.54, 1.807) is 12.3 Å². The van der Waals surface area contributed by atoms with Crippen molar-refractivity contribution in [3.05, 3.63) is 24.4 Å². The van der Waals surface area contributed by atoms with Crippen LogP contribution in [0.3, 0.4) is 0 Å². The number of aromatic nitrogens is 1. The minimum absolute atomic E-state index is 0.00282. The summed E-state index contributed by atoms with van der Waals surface area (Å²) in [5.41, 5.74) is 0. The molecule has 0 saturated carbocycles. The van der Waals surface area contributed by atoms with Crippen LogP contribution >= 0.6 is 0 Å². The molecule has 1 fully saturated rings. The lowest BCUT2D eigenvalue weighted by Gasteiger charge is -2.30. The van der Waals surface area contributed by atoms with E-state index in [-0.39, 0.29) is 17.7 Å². The van der Waals surface area contributed by atoms with Crippen LogP contribution in [0.25, 0.3) is 0 Å². The third-order valence-corrected chi connectivity index (χ3v) is 3.81. The second kappa shape index (κ2) is 8.48. The molecule has 0 aromatic carbocycles. The van der Waals surface area contributed by atoms with Crippen molar-refractivity contribution in [2.75, 3.05) is 31.5 Å². The van der Waals surface area contributed by atoms with Crippen molar-refractivity contribution in [3.8, 4) is 0 Å². The van der Waals surface area contributed by atoms with Crippen molar-refractivity contribution in [1.29, 1.82) is 0 Å². The molecule has 1 saturated heterocycles. The lowest BCUT2D eigenvalue weighted by molar-refractivity contribution is -0.123. The minimum Gasteiger partial charge on any atom is -0.355 e. The van der Waals surface area contributed by atoms with E-state index >= 15 is 0 Å². The number of likely N-dealkylation sites (tertiary alicyclic amines) is 1. The van der Waals surface area contributed by atoms with Crippen molar-refractivity contribution in [3.63, 3.8) is 0 Å². The molecule has 6 nitrogen and oxygen atoms in total. The molecule has 1 aliphatic heterocycles. The summed E-state index contributed by atoms with van der Waals surface area (Å²) in [6.45, 7) is 4.74. The second-order valence-electron chi connectivity index (χ2n) is 5.60. The van der Waals surface area contributed by atoms with Gasteiger partial charge < -0.3 is 10.6 Å². The first-order valence-corrected chi connectivity index (χ1v) is 7.90. The molecule has 22 heavy (non-hydrogen) atoms. The van der Waals surface area contributed by atoms with Gasteiger partial charge in [0.1, 0.15) is 5.82 Å². The smallest absolute Gasteiger partial charge is 0.234 e. The van der Waals surface area contributed by atoms with Gasteiger partial charge in [0.15, 0.2) is 0 Å². The van der Waals surface area contributed by atoms with E-state index in [0.717, 1.165) is 38.9 Å². The largest absolute Gasteiger partial charge is 0.355 e. The zero-order valence-corrected chi connectivity index (χ0v) is 13.0. The van der Waals surface area contributed by atoms with Gasteiger partial charge in [-0.2, -0.15) is 0 Å². The first kappa shape index (κ1) is 16.4. The molecule has 1 aliphatic rings. The van der Waals surface area contributed by atoms with Crippen LogP contribution in [-0.2, 0) is 9.59 Å². The van der Waals surface area contributed by atoms with Crippen molar-refractivity contribution < 1.29 is 9.59 Å². The zero-order valence-electron chi connectivity index (χ0n) is 13.0. The van der Waals surface area contributed by atoms with Crippen LogP contribution in [0, 0.1) is 5.92 Å². The fourth-order valence-electron chi connectivity index (χ4n) is 2.54. The predicted molar refractivity (Wildman–Crippen MR) is 85.3 cm³/mol. The topological polar surface area (TPSA) is 74.3 Å². The SMILES string of the molecule is CCCNC(=O)CN1CCC(C(=O)Nc2ccccn2)CC1. The van der Waals surface area contributed by atoms with Crippen LogP contribution in [0.4, 0.5) is 5.82 Å². The standard InChI is InChI=1S/C16H24N4O2/c1-2-8-18-15(21)12-20-10-6-13(7-11-20)16(22)19-14-5-3-4-9-17-14/h3-5,9,13H,2,6-8,10-12H2,1H3,(H,18,21)(H,17,19,22). The summed E-state index contributed by atoms with van der Waals surface area (Å²) in [6, 6.07) is 5.45. The number of hydrogen-bond acceptors (Lipinski definition) is 4. The Morgan fingerprint density at radius 2 is 2.09 bits per heavy atom. The maximum Gasteiger partial charge on any atom is 0.234 e. The molecule has 6 heteroatoms. The predicted octanol–water partition coefficient (Wildman–Crippen LogP) is 1.26. The average molecular weight is 304 g/mol. The molecule has 1 aromatic rings. The lowest BCUT2D eigenvalue weighted by Crippen LogP contribution is -2.43. The third-order valence-electron chi connectivity index (χ3n) is 3.81. The summed E-state index contributed by atoms with van der Waals surface area (Å²) >= 11 is 0. The van der Waals surface area contributed by atoms with E-state index < -0.39 is 0 Å². The minimum atomic E-state index is -0.00282. The maximum atomic E-state index is 12.2. The molecule has 2 rings (SSSR count). The molecular weight excluding hydrogens is 280 g/mol. The van der Waals surface area contributed by atoms with Gasteiger partial charge in [0.25, 0.3) is 0 Å². The third kappa shape index (κ3) is 5.11. The van der Waals surface area contributed by atoms with Crippen molar-refractivity contribution in [1.82, 2.24) is 15.2 Å². The summed E-state index contributed by atoms with van der Waals surface area (Å²) in [5.74, 6) is 0.679. The van der Waals surface area contributed by atoms with Gasteiger partial charge in [-0.1, -0.05) is 13.0 Å². The Balaban J connectivity index is 1.72. The summed E-state index contributed by atoms with van der Waals surface area (Å²) in [7, 11) is 0. The summed E-state index contributed by atoms with van der Waals surface area (Å²) < 4.78 is 0. The highest BCUT2D eigenvalue weighted by molar-refractivity contribution is 5.91. The first-order chi connectivity index (χ1) is 10.7. The monoisotopic (exact) mass is 304 g/mol. The second-order valence-corrected chi connectivity index (χ2v) is 5.60. The Morgan fingerprint density at radius 3 is 2.73 bits per heavy atom. The number of nitrogens with zero attached hydrogens (tertiary/aromatic N) is 2. The van der Waals surface area contributed by atoms with E-state index in [1.807, 2.05) is 19.1 Å². The van der Waals surface area contributed by atoms with Gasteiger partial charge in [-0.15, -0.1) is 0 Å². The van der Waals surface area contributed by atoms with Crippen LogP contribution in [0.5, 0.6) is 0 Å². The molecule has 2 amide bonds. The summed E-state index contributed by atoms with van der Waals surface area (Å²) in [6.07, 6.45) is 4.16. The average Bonchev–Trinajstić information content (AvgIpc) is 2.54. The first-order valence-electron chi connectivity index (χ1n) is 7.90. The van der Waals surface area contributed by atoms with E-state index in [1.165, 1.54) is 0 Å². The molecule has 0 bridgehead atoms. The Labute approximate surface area is 131 Å². The Bertz CT molecular complexity index is 484. The van der Waals surface area contributed by atoms with Crippen molar-refractivity contribution >= 4 is 17.6 Å². The van der Waals surface area contributed by atoms with Gasteiger partial charge in [-0.3, -0.25) is 14.5 Å². The van der Waals surface area contributed by atoms with Crippen LogP contribution < -0.4 is 10.6 Å². The lowest BCUT2D eigenvalue weighted by atomic mass is 9.96. The molecule has 120 valence electrons. The quantitative estimate of drug-likeness (QED) is 0.830. The van der Waals surface area contributed by atoms with Gasteiger partial charge in [0.2, 0.25) is 11.8 Å². The Kier molecular flexibility index (Phi) is 6.33. The Hall–Kier alpha value is -1.95. The number of carbonyl (C=O) groups is 2. The van der Waals surface area contributed by atoms with E-state index in [9.17, 15) is 9.59 Å². The van der Waals surface area contributed by atoms with Crippen LogP contribution in [-0.4, -0.2) is 47.9 Å². The number of nitrogens with one attached hydrogen (secondary N) is 2. The fourth-order valence-corrected chi connectivity index (χ4v) is 2.54. The highest BCUT2D eigenvalue weighted by atomic mass is 16.2. The molecule has 2 N–H and O–H groups in total. The van der Waals surface area contributed by atoms with Gasteiger partial charge in [0, 0.05) is 18.7 Å². The van der Waals surface area contributed by atoms with Gasteiger partial charge in [-0.05, 0) is 44.5 Å². The number of pyridine rings is 1. The molecule has 1 aromatic heterocycles. The van der Waals surface area contributed by atoms with Crippen LogP contribution in [0.15, 0.2) is 24.4 Å². The number of anilines is 1. The molecule has 2 heterocycles. The molecule has 0 unspecified atom stereocenters. The Morgan fingerprint density at radius 1 is 1.32 bits per heavy atom. The summed E-state index contributed by atoms with van der Waals surface area (Å²) in [4.78, 5) is 30.1. The maximum absolute atomic E-state index is 12.2. The number of amides is 2. The van der Waals surface area contributed by atoms with E-state index in [2.05, 4.69) is 20.5 Å².